The van der Waals surface area contributed by atoms with Crippen molar-refractivity contribution in [3.05, 3.63) is 47.5 Å². The zero-order valence-electron chi connectivity index (χ0n) is 13.6. The minimum atomic E-state index is -3.79. The van der Waals surface area contributed by atoms with Gasteiger partial charge in [0.1, 0.15) is 0 Å². The van der Waals surface area contributed by atoms with Crippen molar-refractivity contribution in [3.63, 3.8) is 0 Å². The molecule has 0 fully saturated rings. The molecule has 2 N–H and O–H groups in total. The maximum Gasteiger partial charge on any atom is 0.238 e. The van der Waals surface area contributed by atoms with Gasteiger partial charge in [-0.05, 0) is 29.3 Å². The van der Waals surface area contributed by atoms with Gasteiger partial charge in [0.25, 0.3) is 0 Å². The number of sulfonamides is 1. The molecule has 6 nitrogen and oxygen atoms in total. The predicted molar refractivity (Wildman–Crippen MR) is 92.8 cm³/mol. The standard InChI is InChI=1S/C17H19NO5S/c1-21-14-10-12(11-15(22-2)17(14)23-3)8-9-13-6-4-5-7-16(13)24(18,19)20/h4-11H,1-3H3,(H2,18,19,20). The average Bonchev–Trinajstić information content (AvgIpc) is 2.58. The largest absolute Gasteiger partial charge is 0.493 e. The molecule has 0 aliphatic carbocycles. The van der Waals surface area contributed by atoms with Crippen molar-refractivity contribution in [1.29, 1.82) is 0 Å². The van der Waals surface area contributed by atoms with Crippen molar-refractivity contribution in [2.24, 2.45) is 5.14 Å². The molecule has 0 aromatic heterocycles. The second kappa shape index (κ2) is 7.37. The smallest absolute Gasteiger partial charge is 0.238 e. The molecule has 0 aliphatic heterocycles. The summed E-state index contributed by atoms with van der Waals surface area (Å²) in [7, 11) is 0.789. The van der Waals surface area contributed by atoms with Gasteiger partial charge in [0, 0.05) is 0 Å². The third-order valence-electron chi connectivity index (χ3n) is 3.37. The summed E-state index contributed by atoms with van der Waals surface area (Å²) in [6.07, 6.45) is 3.41. The zero-order valence-corrected chi connectivity index (χ0v) is 14.5. The van der Waals surface area contributed by atoms with Crippen LogP contribution in [0.1, 0.15) is 11.1 Å². The monoisotopic (exact) mass is 349 g/mol. The number of hydrogen-bond donors (Lipinski definition) is 1. The highest BCUT2D eigenvalue weighted by atomic mass is 32.2. The van der Waals surface area contributed by atoms with Crippen LogP contribution in [-0.2, 0) is 10.0 Å². The summed E-state index contributed by atoms with van der Waals surface area (Å²) in [4.78, 5) is 0.0636. The molecule has 2 aromatic carbocycles. The van der Waals surface area contributed by atoms with E-state index in [0.717, 1.165) is 5.56 Å². The summed E-state index contributed by atoms with van der Waals surface area (Å²) >= 11 is 0. The van der Waals surface area contributed by atoms with Crippen molar-refractivity contribution >= 4 is 22.2 Å². The Kier molecular flexibility index (Phi) is 5.48. The van der Waals surface area contributed by atoms with E-state index in [0.29, 0.717) is 22.8 Å². The van der Waals surface area contributed by atoms with Crippen molar-refractivity contribution in [2.45, 2.75) is 4.90 Å². The number of nitrogens with two attached hydrogens (primary N) is 1. The Balaban J connectivity index is 2.47. The van der Waals surface area contributed by atoms with Gasteiger partial charge in [-0.25, -0.2) is 13.6 Å². The highest BCUT2D eigenvalue weighted by molar-refractivity contribution is 7.89. The van der Waals surface area contributed by atoms with Crippen LogP contribution in [0.3, 0.4) is 0 Å². The van der Waals surface area contributed by atoms with E-state index < -0.39 is 10.0 Å². The van der Waals surface area contributed by atoms with Crippen LogP contribution in [0, 0.1) is 0 Å². The van der Waals surface area contributed by atoms with Crippen LogP contribution in [0.4, 0.5) is 0 Å². The maximum atomic E-state index is 11.6. The molecule has 7 heteroatoms. The number of hydrogen-bond acceptors (Lipinski definition) is 5. The Labute approximate surface area is 141 Å². The number of primary sulfonamides is 1. The minimum Gasteiger partial charge on any atom is -0.493 e. The molecule has 24 heavy (non-hydrogen) atoms. The van der Waals surface area contributed by atoms with E-state index in [4.69, 9.17) is 19.3 Å². The molecule has 0 radical (unpaired) electrons. The molecular formula is C17H19NO5S. The SMILES string of the molecule is COc1cc(C=Cc2ccccc2S(N)(=O)=O)cc(OC)c1OC. The topological polar surface area (TPSA) is 87.9 Å². The first-order chi connectivity index (χ1) is 11.4. The van der Waals surface area contributed by atoms with E-state index in [1.165, 1.54) is 27.4 Å². The molecule has 0 unspecified atom stereocenters. The van der Waals surface area contributed by atoms with E-state index in [-0.39, 0.29) is 4.90 Å². The molecule has 0 spiro atoms. The number of rotatable bonds is 6. The first-order valence-corrected chi connectivity index (χ1v) is 8.55. The van der Waals surface area contributed by atoms with E-state index in [9.17, 15) is 8.42 Å². The van der Waals surface area contributed by atoms with Crippen LogP contribution in [0.15, 0.2) is 41.3 Å². The normalized spacial score (nSPS) is 11.5. The summed E-state index contributed by atoms with van der Waals surface area (Å²) in [5.74, 6) is 1.51. The average molecular weight is 349 g/mol. The molecule has 0 heterocycles. The van der Waals surface area contributed by atoms with Gasteiger partial charge in [-0.3, -0.25) is 0 Å². The van der Waals surface area contributed by atoms with Gasteiger partial charge in [0.2, 0.25) is 15.8 Å². The second-order valence-corrected chi connectivity index (χ2v) is 6.40. The lowest BCUT2D eigenvalue weighted by molar-refractivity contribution is 0.324. The van der Waals surface area contributed by atoms with Crippen molar-refractivity contribution in [3.8, 4) is 17.2 Å². The van der Waals surface area contributed by atoms with Crippen LogP contribution in [0.25, 0.3) is 12.2 Å². The lowest BCUT2D eigenvalue weighted by Gasteiger charge is -2.12. The van der Waals surface area contributed by atoms with Crippen LogP contribution in [-0.4, -0.2) is 29.7 Å². The van der Waals surface area contributed by atoms with Crippen molar-refractivity contribution in [2.75, 3.05) is 21.3 Å². The van der Waals surface area contributed by atoms with Gasteiger partial charge in [-0.15, -0.1) is 0 Å². The van der Waals surface area contributed by atoms with E-state index in [1.54, 1.807) is 42.5 Å². The van der Waals surface area contributed by atoms with Gasteiger partial charge < -0.3 is 14.2 Å². The van der Waals surface area contributed by atoms with Gasteiger partial charge in [0.05, 0.1) is 26.2 Å². The van der Waals surface area contributed by atoms with E-state index >= 15 is 0 Å². The zero-order chi connectivity index (χ0) is 17.7. The fraction of sp³-hybridized carbons (Fsp3) is 0.176. The molecule has 2 aromatic rings. The van der Waals surface area contributed by atoms with E-state index in [2.05, 4.69) is 0 Å². The molecule has 128 valence electrons. The fourth-order valence-corrected chi connectivity index (χ4v) is 2.99. The first kappa shape index (κ1) is 17.8. The highest BCUT2D eigenvalue weighted by Gasteiger charge is 2.13. The van der Waals surface area contributed by atoms with Crippen LogP contribution in [0.2, 0.25) is 0 Å². The molecule has 2 rings (SSSR count). The minimum absolute atomic E-state index is 0.0636. The first-order valence-electron chi connectivity index (χ1n) is 7.00. The Morgan fingerprint density at radius 3 is 2.00 bits per heavy atom. The number of methoxy groups -OCH3 is 3. The predicted octanol–water partition coefficient (Wildman–Crippen LogP) is 2.53. The molecule has 0 saturated heterocycles. The fourth-order valence-electron chi connectivity index (χ4n) is 2.26. The summed E-state index contributed by atoms with van der Waals surface area (Å²) < 4.78 is 39.1. The molecule has 0 aliphatic rings. The van der Waals surface area contributed by atoms with Crippen molar-refractivity contribution in [1.82, 2.24) is 0 Å². The van der Waals surface area contributed by atoms with Gasteiger partial charge >= 0.3 is 0 Å². The Hall–Kier alpha value is -2.51. The summed E-state index contributed by atoms with van der Waals surface area (Å²) in [5, 5.41) is 5.24. The molecule has 0 atom stereocenters. The van der Waals surface area contributed by atoms with Crippen LogP contribution < -0.4 is 19.3 Å². The molecule has 0 bridgehead atoms. The van der Waals surface area contributed by atoms with Gasteiger partial charge in [0.15, 0.2) is 11.5 Å². The van der Waals surface area contributed by atoms with E-state index in [1.807, 2.05) is 0 Å². The lowest BCUT2D eigenvalue weighted by atomic mass is 10.1. The Morgan fingerprint density at radius 2 is 1.50 bits per heavy atom. The van der Waals surface area contributed by atoms with Crippen molar-refractivity contribution < 1.29 is 22.6 Å². The van der Waals surface area contributed by atoms with Gasteiger partial charge in [-0.1, -0.05) is 30.4 Å². The molecular weight excluding hydrogens is 330 g/mol. The second-order valence-electron chi connectivity index (χ2n) is 4.87. The maximum absolute atomic E-state index is 11.6. The third kappa shape index (κ3) is 3.87. The Bertz CT molecular complexity index is 834. The lowest BCUT2D eigenvalue weighted by Crippen LogP contribution is -2.13. The molecule has 0 amide bonds. The van der Waals surface area contributed by atoms with Gasteiger partial charge in [-0.2, -0.15) is 0 Å². The van der Waals surface area contributed by atoms with Crippen LogP contribution >= 0.6 is 0 Å². The summed E-state index contributed by atoms with van der Waals surface area (Å²) in [5.41, 5.74) is 1.25. The third-order valence-corrected chi connectivity index (χ3v) is 4.35. The number of ether oxygens (including phenoxy) is 3. The highest BCUT2D eigenvalue weighted by Crippen LogP contribution is 2.38. The Morgan fingerprint density at radius 1 is 0.917 bits per heavy atom. The quantitative estimate of drug-likeness (QED) is 0.810. The summed E-state index contributed by atoms with van der Waals surface area (Å²) in [6, 6.07) is 10.0. The summed E-state index contributed by atoms with van der Waals surface area (Å²) in [6.45, 7) is 0. The van der Waals surface area contributed by atoms with Crippen LogP contribution in [0.5, 0.6) is 17.2 Å². The number of benzene rings is 2. The molecule has 0 saturated carbocycles.